The Kier molecular flexibility index (Phi) is 43.4. The second-order valence-corrected chi connectivity index (χ2v) is 37.0. The van der Waals surface area contributed by atoms with Gasteiger partial charge < -0.3 is 87.5 Å². The highest BCUT2D eigenvalue weighted by Crippen LogP contribution is 2.34. The van der Waals surface area contributed by atoms with Gasteiger partial charge in [0.2, 0.25) is 17.7 Å². The van der Waals surface area contributed by atoms with Crippen molar-refractivity contribution in [2.75, 3.05) is 58.9 Å². The summed E-state index contributed by atoms with van der Waals surface area (Å²) in [4.78, 5) is 146. The summed E-state index contributed by atoms with van der Waals surface area (Å²) in [6, 6.07) is -2.57. The third-order valence-electron chi connectivity index (χ3n) is 18.2. The normalized spacial score (nSPS) is 17.5. The number of ether oxygens (including phenoxy) is 5. The molecule has 0 bridgehead atoms. The quantitative estimate of drug-likeness (QED) is 0.0153. The molecule has 0 aromatic carbocycles. The summed E-state index contributed by atoms with van der Waals surface area (Å²) in [5.41, 5.74) is 0.262. The molecule has 6 aliphatic rings. The van der Waals surface area contributed by atoms with Crippen LogP contribution in [0, 0.1) is 11.8 Å². The molecule has 6 rings (SSSR count). The summed E-state index contributed by atoms with van der Waals surface area (Å²) in [7, 11) is 0. The molecule has 0 unspecified atom stereocenters. The summed E-state index contributed by atoms with van der Waals surface area (Å²) in [5, 5.41) is 91.4. The van der Waals surface area contributed by atoms with E-state index in [1.54, 1.807) is 104 Å². The largest absolute Gasteiger partial charge is 0.481 e. The molecule has 0 fully saturated rings. The minimum absolute atomic E-state index is 0. The van der Waals surface area contributed by atoms with E-state index in [-0.39, 0.29) is 67.8 Å². The number of alkyl carbamates (subject to hydrolysis) is 3. The molecule has 688 valence electrons. The Morgan fingerprint density at radius 3 is 0.826 bits per heavy atom. The summed E-state index contributed by atoms with van der Waals surface area (Å²) >= 11 is 0. The number of carbonyl (C=O) groups excluding carboxylic acids is 10. The van der Waals surface area contributed by atoms with Gasteiger partial charge in [-0.15, -0.1) is 0 Å². The molecule has 0 spiro atoms. The number of hydrogen-bond acceptors (Lipinski definition) is 33. The van der Waals surface area contributed by atoms with E-state index in [9.17, 15) is 67.7 Å². The second-order valence-electron chi connectivity index (χ2n) is 37.0. The van der Waals surface area contributed by atoms with E-state index >= 15 is 0 Å². The van der Waals surface area contributed by atoms with Gasteiger partial charge in [-0.2, -0.15) is 61.4 Å². The lowest BCUT2D eigenvalue weighted by molar-refractivity contribution is -0.158. The third kappa shape index (κ3) is 54.1. The van der Waals surface area contributed by atoms with Crippen molar-refractivity contribution in [3.8, 4) is 0 Å². The van der Waals surface area contributed by atoms with Crippen molar-refractivity contribution in [3.63, 3.8) is 0 Å². The molecule has 13 N–H and O–H groups in total. The third-order valence-corrected chi connectivity index (χ3v) is 18.2. The highest BCUT2D eigenvalue weighted by atomic mass is 16.6. The average molecular weight is 1720 g/mol. The molecular weight excluding hydrogens is 1570 g/mol. The summed E-state index contributed by atoms with van der Waals surface area (Å²) in [6.45, 7) is 41.9. The van der Waals surface area contributed by atoms with Crippen molar-refractivity contribution in [1.82, 2.24) is 47.9 Å². The number of carbonyl (C=O) groups is 12. The van der Waals surface area contributed by atoms with Gasteiger partial charge in [-0.3, -0.25) is 43.2 Å². The molecule has 41 heteroatoms. The summed E-state index contributed by atoms with van der Waals surface area (Å²) < 4.78 is 26.1. The van der Waals surface area contributed by atoms with Crippen LogP contribution in [0.5, 0.6) is 0 Å². The number of carboxylic acid groups (broad SMARTS) is 2. The smallest absolute Gasteiger partial charge is 0.407 e. The predicted molar refractivity (Wildman–Crippen MR) is 448 cm³/mol. The van der Waals surface area contributed by atoms with Crippen LogP contribution in [-0.2, 0) is 66.8 Å². The van der Waals surface area contributed by atoms with E-state index in [0.717, 1.165) is 0 Å². The van der Waals surface area contributed by atoms with Crippen molar-refractivity contribution in [2.24, 2.45) is 78.9 Å². The lowest BCUT2D eigenvalue weighted by Gasteiger charge is -2.24. The Bertz CT molecular complexity index is 3580. The first-order valence-corrected chi connectivity index (χ1v) is 41.6. The second kappa shape index (κ2) is 48.7. The molecule has 41 nitrogen and oxygen atoms in total. The van der Waals surface area contributed by atoms with Gasteiger partial charge in [0, 0.05) is 110 Å². The van der Waals surface area contributed by atoms with Crippen LogP contribution in [0.15, 0.2) is 61.4 Å². The van der Waals surface area contributed by atoms with Crippen molar-refractivity contribution < 1.29 is 91.4 Å². The van der Waals surface area contributed by atoms with Gasteiger partial charge >= 0.3 is 42.2 Å². The van der Waals surface area contributed by atoms with Crippen LogP contribution in [-0.4, -0.2) is 227 Å². The number of ketones is 2. The van der Waals surface area contributed by atoms with Crippen LogP contribution < -0.4 is 53.6 Å². The van der Waals surface area contributed by atoms with E-state index in [0.29, 0.717) is 155 Å². The first-order valence-electron chi connectivity index (χ1n) is 41.6. The zero-order valence-corrected chi connectivity index (χ0v) is 74.7. The molecule has 0 aromatic heterocycles. The molecule has 0 radical (unpaired) electrons. The van der Waals surface area contributed by atoms with E-state index in [4.69, 9.17) is 29.4 Å². The van der Waals surface area contributed by atoms with Crippen LogP contribution in [0.3, 0.4) is 0 Å². The molecule has 121 heavy (non-hydrogen) atoms. The maximum atomic E-state index is 13.5. The van der Waals surface area contributed by atoms with Gasteiger partial charge in [-0.1, -0.05) is 7.43 Å². The van der Waals surface area contributed by atoms with E-state index < -0.39 is 141 Å². The number of aliphatic carboxylic acids is 2. The molecule has 6 atom stereocenters. The monoisotopic (exact) mass is 1720 g/mol. The van der Waals surface area contributed by atoms with Gasteiger partial charge in [0.1, 0.15) is 34.0 Å². The highest BCUT2D eigenvalue weighted by Gasteiger charge is 2.40. The molecular formula is C80H144N22O19. The average Bonchev–Trinajstić information content (AvgIpc) is 1.72. The Balaban J connectivity index is 0.000000569. The number of carboxylic acids is 2. The minimum atomic E-state index is -1.14. The number of nitrogens with two attached hydrogens (primary N) is 1. The van der Waals surface area contributed by atoms with Crippen LogP contribution in [0.1, 0.15) is 281 Å². The molecule has 6 amide bonds. The predicted octanol–water partition coefficient (Wildman–Crippen LogP) is 10.8. The number of hydrogen-bond donors (Lipinski definition) is 12. The Morgan fingerprint density at radius 1 is 0.314 bits per heavy atom. The molecule has 0 saturated carbocycles. The van der Waals surface area contributed by atoms with Crippen molar-refractivity contribution >= 4 is 71.4 Å². The fourth-order valence-electron chi connectivity index (χ4n) is 11.0. The fraction of sp³-hybridized carbons (Fsp3) is 0.850. The number of Topliss-reactive ketones (excluding diaryl/α,β-unsaturated/α-hetero) is 2. The first-order chi connectivity index (χ1) is 55.3. The van der Waals surface area contributed by atoms with Crippen LogP contribution in [0.2, 0.25) is 0 Å². The maximum Gasteiger partial charge on any atom is 0.407 e. The highest BCUT2D eigenvalue weighted by molar-refractivity contribution is 5.93. The van der Waals surface area contributed by atoms with Gasteiger partial charge in [0.25, 0.3) is 0 Å². The lowest BCUT2D eigenvalue weighted by atomic mass is 9.92. The van der Waals surface area contributed by atoms with E-state index in [1.165, 1.54) is 0 Å². The van der Waals surface area contributed by atoms with Gasteiger partial charge in [0.05, 0.1) is 49.2 Å². The number of rotatable bonds is 52. The Labute approximate surface area is 713 Å². The number of esters is 2. The van der Waals surface area contributed by atoms with Gasteiger partial charge in [-0.25, -0.2) is 14.4 Å². The lowest BCUT2D eigenvalue weighted by Crippen LogP contribution is -2.43. The SMILES string of the molecule is C.CC1(CCNC(=O)[C@@H](N)CC(=O)OC(C)(C)C)N=N1.CC1(CCNC(=O)[C@H](CC(=O)O)CC(=O)[C@H](CCCCNC(=O)OC(C)(C)C)NCCC2(C)N=N2)N=N1.CC1(CCNC(=O)[C@H](CC(=O)OC(C)(C)C)CC(=O)[C@H](CCCCNC(=O)OC(C)(C)C)NCCC2(C)N=N2)N=N1.CC1(CCN[C@@H](CCCCNC(=O)OC(C)(C)C)C(=O)O)N=N1. The number of nitrogens with one attached hydrogen (secondary N) is 9. The summed E-state index contributed by atoms with van der Waals surface area (Å²) in [5.74, 6) is -6.47. The van der Waals surface area contributed by atoms with E-state index in [1.807, 2.05) is 41.5 Å². The first kappa shape index (κ1) is 108. The van der Waals surface area contributed by atoms with Crippen LogP contribution in [0.4, 0.5) is 14.4 Å². The summed E-state index contributed by atoms with van der Waals surface area (Å²) in [6.07, 6.45) is 6.61. The zero-order chi connectivity index (χ0) is 90.8. The molecule has 0 aromatic rings. The minimum Gasteiger partial charge on any atom is -0.481 e. The van der Waals surface area contributed by atoms with Gasteiger partial charge in [-0.05, 0) is 203 Å². The number of unbranched alkanes of at least 4 members (excludes halogenated alkanes) is 3. The standard InChI is InChI=1S/C28H49N7O6.C24H41N7O6.C15H28N4O4.C12H22N4O3.CH4/c1-25(2,3)40-22(37)18-19(23(38)30-16-13-28(8)34-35-28)17-21(36)20(29-15-12-27(7)32-33-27)11-9-10-14-31-24(39)41-26(4,5)6;1-22(2,3)37-21(36)27-11-7-6-8-17(25-12-9-23(4)28-29-23)18(32)14-16(15-19(33)34)20(35)26-13-10-24(5)30-31-24;1-14(2,3)23-13(22)17-9-6-5-7-11(12(20)21)16-10-8-15(4)18-19-15;1-11(2,3)19-9(17)7-8(13)10(18)14-6-5-12(4)15-16-12;/h19-20,29H,9-18H2,1-8H3,(H,30,38)(H,31,39);16-17,25H,6-15H2,1-5H3,(H,26,35)(H,27,36)(H,33,34);11,16H,5-10H2,1-4H3,(H,17,22)(H,20,21);8H,5-7,13H2,1-4H3,(H,14,18);1H4/t19-,20-;16-,17-;11-;8-;/m0000./s1. The maximum absolute atomic E-state index is 13.5. The Hall–Kier alpha value is -9.12. The fourth-order valence-corrected chi connectivity index (χ4v) is 11.0. The zero-order valence-electron chi connectivity index (χ0n) is 74.7. The number of amides is 6. The van der Waals surface area contributed by atoms with Gasteiger partial charge in [0.15, 0.2) is 45.5 Å². The van der Waals surface area contributed by atoms with Crippen molar-refractivity contribution in [1.29, 1.82) is 0 Å². The number of nitrogens with zero attached hydrogens (tertiary/aromatic N) is 12. The van der Waals surface area contributed by atoms with Crippen molar-refractivity contribution in [2.45, 2.75) is 367 Å². The molecule has 6 heterocycles. The van der Waals surface area contributed by atoms with E-state index in [2.05, 4.69) is 109 Å². The van der Waals surface area contributed by atoms with Crippen LogP contribution in [0.25, 0.3) is 0 Å². The topological polar surface area (TPSA) is 574 Å². The molecule has 0 saturated heterocycles. The van der Waals surface area contributed by atoms with Crippen molar-refractivity contribution in [3.05, 3.63) is 0 Å². The van der Waals surface area contributed by atoms with Crippen LogP contribution >= 0.6 is 0 Å². The molecule has 6 aliphatic heterocycles. The Morgan fingerprint density at radius 2 is 0.562 bits per heavy atom. The molecule has 0 aliphatic carbocycles.